The number of anilines is 1. The summed E-state index contributed by atoms with van der Waals surface area (Å²) in [5.74, 6) is 0.392. The Labute approximate surface area is 104 Å². The zero-order valence-electron chi connectivity index (χ0n) is 9.54. The van der Waals surface area contributed by atoms with Crippen LogP contribution in [0.1, 0.15) is 12.8 Å². The molecule has 0 radical (unpaired) electrons. The number of hydrogen-bond acceptors (Lipinski definition) is 5. The minimum atomic E-state index is 0.277. The highest BCUT2D eigenvalue weighted by atomic mass is 32.1. The van der Waals surface area contributed by atoms with E-state index in [-0.39, 0.29) is 6.61 Å². The predicted octanol–water partition coefficient (Wildman–Crippen LogP) is 1.90. The number of aromatic nitrogens is 2. The molecule has 1 saturated heterocycles. The van der Waals surface area contributed by atoms with Crippen LogP contribution in [0.2, 0.25) is 0 Å². The van der Waals surface area contributed by atoms with Crippen LogP contribution in [0, 0.1) is 5.92 Å². The molecule has 17 heavy (non-hydrogen) atoms. The van der Waals surface area contributed by atoms with Crippen molar-refractivity contribution in [3.8, 4) is 0 Å². The van der Waals surface area contributed by atoms with Gasteiger partial charge < -0.3 is 10.0 Å². The number of pyridine rings is 1. The average Bonchev–Trinajstić information content (AvgIpc) is 2.82. The zero-order chi connectivity index (χ0) is 11.7. The van der Waals surface area contributed by atoms with Gasteiger partial charge in [-0.25, -0.2) is 9.97 Å². The lowest BCUT2D eigenvalue weighted by Gasteiger charge is -2.31. The summed E-state index contributed by atoms with van der Waals surface area (Å²) in [6.07, 6.45) is 4.06. The number of piperidine rings is 1. The van der Waals surface area contributed by atoms with Crippen molar-refractivity contribution in [2.75, 3.05) is 24.6 Å². The normalized spacial score (nSPS) is 21.0. The van der Waals surface area contributed by atoms with E-state index in [9.17, 15) is 5.11 Å². The number of nitrogens with zero attached hydrogens (tertiary/aromatic N) is 3. The van der Waals surface area contributed by atoms with Gasteiger partial charge >= 0.3 is 0 Å². The number of aliphatic hydroxyl groups is 1. The Morgan fingerprint density at radius 3 is 3.29 bits per heavy atom. The van der Waals surface area contributed by atoms with E-state index in [2.05, 4.69) is 14.9 Å². The first-order valence-corrected chi connectivity index (χ1v) is 6.76. The topological polar surface area (TPSA) is 49.2 Å². The number of fused-ring (bicyclic) bond motifs is 1. The van der Waals surface area contributed by atoms with E-state index >= 15 is 0 Å². The van der Waals surface area contributed by atoms with Gasteiger partial charge in [-0.2, -0.15) is 0 Å². The summed E-state index contributed by atoms with van der Waals surface area (Å²) in [5.41, 5.74) is 0.971. The lowest BCUT2D eigenvalue weighted by atomic mass is 10.00. The van der Waals surface area contributed by atoms with E-state index in [1.807, 2.05) is 12.1 Å². The van der Waals surface area contributed by atoms with E-state index in [4.69, 9.17) is 0 Å². The van der Waals surface area contributed by atoms with Crippen LogP contribution in [0.5, 0.6) is 0 Å². The monoisotopic (exact) mass is 249 g/mol. The van der Waals surface area contributed by atoms with Crippen LogP contribution in [-0.4, -0.2) is 34.8 Å². The molecule has 1 aliphatic rings. The van der Waals surface area contributed by atoms with Gasteiger partial charge in [0.1, 0.15) is 10.3 Å². The van der Waals surface area contributed by atoms with Gasteiger partial charge in [-0.3, -0.25) is 0 Å². The van der Waals surface area contributed by atoms with Crippen molar-refractivity contribution in [3.05, 3.63) is 18.3 Å². The van der Waals surface area contributed by atoms with Crippen LogP contribution < -0.4 is 4.90 Å². The van der Waals surface area contributed by atoms with E-state index in [0.29, 0.717) is 5.92 Å². The van der Waals surface area contributed by atoms with Gasteiger partial charge in [-0.05, 0) is 30.9 Å². The molecule has 3 heterocycles. The van der Waals surface area contributed by atoms with Crippen LogP contribution in [0.4, 0.5) is 5.13 Å². The van der Waals surface area contributed by atoms with Crippen molar-refractivity contribution in [1.82, 2.24) is 9.97 Å². The predicted molar refractivity (Wildman–Crippen MR) is 69.4 cm³/mol. The maximum absolute atomic E-state index is 9.24. The van der Waals surface area contributed by atoms with Gasteiger partial charge in [0.25, 0.3) is 0 Å². The Morgan fingerprint density at radius 2 is 2.47 bits per heavy atom. The molecule has 2 aromatic heterocycles. The zero-order valence-corrected chi connectivity index (χ0v) is 10.4. The molecular weight excluding hydrogens is 234 g/mol. The summed E-state index contributed by atoms with van der Waals surface area (Å²) in [7, 11) is 0. The second kappa shape index (κ2) is 4.58. The molecule has 0 bridgehead atoms. The largest absolute Gasteiger partial charge is 0.396 e. The molecule has 0 amide bonds. The fourth-order valence-electron chi connectivity index (χ4n) is 2.28. The third-order valence-corrected chi connectivity index (χ3v) is 4.24. The highest BCUT2D eigenvalue weighted by Crippen LogP contribution is 2.30. The molecule has 5 heteroatoms. The van der Waals surface area contributed by atoms with Gasteiger partial charge in [0.2, 0.25) is 0 Å². The third kappa shape index (κ3) is 2.12. The summed E-state index contributed by atoms with van der Waals surface area (Å²) in [6, 6.07) is 3.91. The van der Waals surface area contributed by atoms with E-state index in [1.165, 1.54) is 0 Å². The lowest BCUT2D eigenvalue weighted by molar-refractivity contribution is 0.208. The quantitative estimate of drug-likeness (QED) is 0.883. The Morgan fingerprint density at radius 1 is 1.53 bits per heavy atom. The summed E-state index contributed by atoms with van der Waals surface area (Å²) in [6.45, 7) is 2.23. The molecular formula is C12H15N3OS. The molecule has 2 aromatic rings. The minimum absolute atomic E-state index is 0.277. The van der Waals surface area contributed by atoms with Gasteiger partial charge in [-0.1, -0.05) is 11.3 Å². The van der Waals surface area contributed by atoms with Crippen molar-refractivity contribution in [1.29, 1.82) is 0 Å². The number of hydrogen-bond donors (Lipinski definition) is 1. The van der Waals surface area contributed by atoms with Crippen LogP contribution >= 0.6 is 11.3 Å². The molecule has 0 aliphatic carbocycles. The second-order valence-electron chi connectivity index (χ2n) is 4.46. The highest BCUT2D eigenvalue weighted by Gasteiger charge is 2.21. The third-order valence-electron chi connectivity index (χ3n) is 3.20. The van der Waals surface area contributed by atoms with Crippen molar-refractivity contribution < 1.29 is 5.11 Å². The molecule has 4 nitrogen and oxygen atoms in total. The molecule has 3 rings (SSSR count). The van der Waals surface area contributed by atoms with Crippen molar-refractivity contribution in [3.63, 3.8) is 0 Å². The Hall–Kier alpha value is -1.20. The molecule has 1 fully saturated rings. The lowest BCUT2D eigenvalue weighted by Crippen LogP contribution is -2.36. The SMILES string of the molecule is OC[C@@H]1CCCN(c2nc3cccnc3s2)C1. The molecule has 0 spiro atoms. The van der Waals surface area contributed by atoms with Crippen LogP contribution in [0.3, 0.4) is 0 Å². The molecule has 0 aromatic carbocycles. The maximum atomic E-state index is 9.24. The molecule has 0 unspecified atom stereocenters. The van der Waals surface area contributed by atoms with E-state index in [1.54, 1.807) is 17.5 Å². The molecule has 1 aliphatic heterocycles. The number of thiazole rings is 1. The second-order valence-corrected chi connectivity index (χ2v) is 5.42. The van der Waals surface area contributed by atoms with Crippen molar-refractivity contribution in [2.45, 2.75) is 12.8 Å². The van der Waals surface area contributed by atoms with Gasteiger partial charge in [0.15, 0.2) is 5.13 Å². The fraction of sp³-hybridized carbons (Fsp3) is 0.500. The summed E-state index contributed by atoms with van der Waals surface area (Å²) in [5, 5.41) is 10.3. The first-order chi connectivity index (χ1) is 8.36. The Balaban J connectivity index is 1.87. The van der Waals surface area contributed by atoms with E-state index < -0.39 is 0 Å². The molecule has 1 N–H and O–H groups in total. The maximum Gasteiger partial charge on any atom is 0.187 e. The van der Waals surface area contributed by atoms with E-state index in [0.717, 1.165) is 41.4 Å². The molecule has 1 atom stereocenters. The Kier molecular flexibility index (Phi) is 2.94. The number of aliphatic hydroxyl groups excluding tert-OH is 1. The molecule has 90 valence electrons. The first-order valence-electron chi connectivity index (χ1n) is 5.94. The first kappa shape index (κ1) is 10.9. The summed E-state index contributed by atoms with van der Waals surface area (Å²) in [4.78, 5) is 12.2. The van der Waals surface area contributed by atoms with Gasteiger partial charge in [-0.15, -0.1) is 0 Å². The minimum Gasteiger partial charge on any atom is -0.396 e. The van der Waals surface area contributed by atoms with Gasteiger partial charge in [0, 0.05) is 25.9 Å². The highest BCUT2D eigenvalue weighted by molar-refractivity contribution is 7.21. The number of rotatable bonds is 2. The summed E-state index contributed by atoms with van der Waals surface area (Å²) < 4.78 is 0. The van der Waals surface area contributed by atoms with Crippen molar-refractivity contribution >= 4 is 26.8 Å². The standard InChI is InChI=1S/C12H15N3OS/c16-8-9-3-2-6-15(7-9)12-14-10-4-1-5-13-11(10)17-12/h1,4-5,9,16H,2-3,6-8H2/t9-/m1/s1. The molecule has 0 saturated carbocycles. The van der Waals surface area contributed by atoms with Crippen LogP contribution in [0.25, 0.3) is 10.3 Å². The van der Waals surface area contributed by atoms with Crippen LogP contribution in [0.15, 0.2) is 18.3 Å². The summed E-state index contributed by atoms with van der Waals surface area (Å²) >= 11 is 1.64. The van der Waals surface area contributed by atoms with Gasteiger partial charge in [0.05, 0.1) is 0 Å². The fourth-order valence-corrected chi connectivity index (χ4v) is 3.23. The average molecular weight is 249 g/mol. The Bertz CT molecular complexity index is 480. The smallest absolute Gasteiger partial charge is 0.187 e. The van der Waals surface area contributed by atoms with Crippen LogP contribution in [-0.2, 0) is 0 Å². The van der Waals surface area contributed by atoms with Crippen molar-refractivity contribution in [2.24, 2.45) is 5.92 Å².